The molecule has 2 heterocycles. The molecule has 1 aliphatic heterocycles. The number of piperidine rings is 1. The molecule has 2 amide bonds. The van der Waals surface area contributed by atoms with Gasteiger partial charge < -0.3 is 10.2 Å². The van der Waals surface area contributed by atoms with Crippen molar-refractivity contribution < 1.29 is 9.59 Å². The molecule has 8 heteroatoms. The Bertz CT molecular complexity index is 616. The Balaban J connectivity index is 1.39. The standard InChI is InChI=1S/C18H28N4O2S2/c1-13-20-21-18(26-13)25-10-9-19-17(24)15-7-8-16(23)22(12-15)11-14-5-3-2-4-6-14/h14-15H,2-12H2,1H3,(H,19,24)/t15-/m0/s1. The molecule has 0 bridgehead atoms. The Kier molecular flexibility index (Phi) is 7.31. The van der Waals surface area contributed by atoms with Crippen molar-refractivity contribution in [1.82, 2.24) is 20.4 Å². The van der Waals surface area contributed by atoms with Crippen LogP contribution in [-0.2, 0) is 9.59 Å². The fraction of sp³-hybridized carbons (Fsp3) is 0.778. The highest BCUT2D eigenvalue weighted by atomic mass is 32.2. The Hall–Kier alpha value is -1.15. The summed E-state index contributed by atoms with van der Waals surface area (Å²) in [6.07, 6.45) is 7.51. The molecule has 2 aliphatic rings. The van der Waals surface area contributed by atoms with E-state index < -0.39 is 0 Å². The van der Waals surface area contributed by atoms with Gasteiger partial charge in [0.05, 0.1) is 5.92 Å². The molecular formula is C18H28N4O2S2. The van der Waals surface area contributed by atoms with Crippen molar-refractivity contribution in [2.24, 2.45) is 11.8 Å². The third-order valence-electron chi connectivity index (χ3n) is 5.21. The molecule has 26 heavy (non-hydrogen) atoms. The minimum atomic E-state index is -0.0648. The summed E-state index contributed by atoms with van der Waals surface area (Å²) < 4.78 is 0.943. The van der Waals surface area contributed by atoms with Gasteiger partial charge in [0.15, 0.2) is 4.34 Å². The molecule has 0 radical (unpaired) electrons. The SMILES string of the molecule is Cc1nnc(SCCNC(=O)[C@H]2CCC(=O)N(CC3CCCCC3)C2)s1. The summed E-state index contributed by atoms with van der Waals surface area (Å²) in [5.74, 6) is 1.66. The highest BCUT2D eigenvalue weighted by molar-refractivity contribution is 8.01. The molecule has 3 rings (SSSR count). The van der Waals surface area contributed by atoms with Gasteiger partial charge in [-0.3, -0.25) is 9.59 Å². The van der Waals surface area contributed by atoms with Crippen molar-refractivity contribution in [1.29, 1.82) is 0 Å². The number of nitrogens with one attached hydrogen (secondary N) is 1. The fourth-order valence-corrected chi connectivity index (χ4v) is 5.52. The first-order valence-electron chi connectivity index (χ1n) is 9.60. The maximum atomic E-state index is 12.5. The molecule has 1 N–H and O–H groups in total. The molecule has 1 saturated heterocycles. The summed E-state index contributed by atoms with van der Waals surface area (Å²) in [5, 5.41) is 12.0. The molecule has 0 unspecified atom stereocenters. The second-order valence-corrected chi connectivity index (χ2v) is 9.79. The number of likely N-dealkylation sites (tertiary alicyclic amines) is 1. The maximum absolute atomic E-state index is 12.5. The van der Waals surface area contributed by atoms with E-state index >= 15 is 0 Å². The minimum Gasteiger partial charge on any atom is -0.355 e. The van der Waals surface area contributed by atoms with E-state index in [9.17, 15) is 9.59 Å². The number of rotatable bonds is 7. The predicted octanol–water partition coefficient (Wildman–Crippen LogP) is 2.87. The van der Waals surface area contributed by atoms with Gasteiger partial charge in [-0.05, 0) is 32.1 Å². The molecular weight excluding hydrogens is 368 g/mol. The molecule has 1 aromatic rings. The third-order valence-corrected chi connectivity index (χ3v) is 7.18. The van der Waals surface area contributed by atoms with Crippen molar-refractivity contribution in [2.75, 3.05) is 25.4 Å². The van der Waals surface area contributed by atoms with E-state index in [0.29, 0.717) is 31.8 Å². The van der Waals surface area contributed by atoms with Gasteiger partial charge in [0, 0.05) is 31.8 Å². The zero-order chi connectivity index (χ0) is 18.4. The van der Waals surface area contributed by atoms with Crippen LogP contribution in [0.5, 0.6) is 0 Å². The van der Waals surface area contributed by atoms with Gasteiger partial charge in [0.2, 0.25) is 11.8 Å². The second-order valence-electron chi connectivity index (χ2n) is 7.26. The van der Waals surface area contributed by atoms with E-state index in [4.69, 9.17) is 0 Å². The van der Waals surface area contributed by atoms with Gasteiger partial charge >= 0.3 is 0 Å². The van der Waals surface area contributed by atoms with Crippen LogP contribution in [0.4, 0.5) is 0 Å². The van der Waals surface area contributed by atoms with Crippen LogP contribution in [0.15, 0.2) is 4.34 Å². The Morgan fingerprint density at radius 3 is 2.81 bits per heavy atom. The molecule has 6 nitrogen and oxygen atoms in total. The summed E-state index contributed by atoms with van der Waals surface area (Å²) in [7, 11) is 0. The predicted molar refractivity (Wildman–Crippen MR) is 104 cm³/mol. The zero-order valence-electron chi connectivity index (χ0n) is 15.4. The Morgan fingerprint density at radius 1 is 1.27 bits per heavy atom. The number of thioether (sulfide) groups is 1. The van der Waals surface area contributed by atoms with Crippen molar-refractivity contribution in [3.05, 3.63) is 5.01 Å². The van der Waals surface area contributed by atoms with Crippen molar-refractivity contribution in [3.8, 4) is 0 Å². The van der Waals surface area contributed by atoms with Crippen LogP contribution in [0.1, 0.15) is 50.0 Å². The topological polar surface area (TPSA) is 75.2 Å². The normalized spacial score (nSPS) is 21.8. The fourth-order valence-electron chi connectivity index (χ4n) is 3.78. The quantitative estimate of drug-likeness (QED) is 0.567. The van der Waals surface area contributed by atoms with Gasteiger partial charge in [0.1, 0.15) is 5.01 Å². The van der Waals surface area contributed by atoms with Gasteiger partial charge in [-0.2, -0.15) is 0 Å². The lowest BCUT2D eigenvalue weighted by atomic mass is 9.87. The van der Waals surface area contributed by atoms with E-state index in [-0.39, 0.29) is 17.7 Å². The number of hydrogen-bond donors (Lipinski definition) is 1. The average molecular weight is 397 g/mol. The number of nitrogens with zero attached hydrogens (tertiary/aromatic N) is 3. The van der Waals surface area contributed by atoms with Crippen molar-refractivity contribution in [2.45, 2.75) is 56.2 Å². The number of aromatic nitrogens is 2. The number of carbonyl (C=O) groups excluding carboxylic acids is 2. The van der Waals surface area contributed by atoms with Crippen LogP contribution < -0.4 is 5.32 Å². The van der Waals surface area contributed by atoms with E-state index in [0.717, 1.165) is 21.6 Å². The first-order valence-corrected chi connectivity index (χ1v) is 11.4. The highest BCUT2D eigenvalue weighted by Crippen LogP contribution is 2.27. The summed E-state index contributed by atoms with van der Waals surface area (Å²) in [5.41, 5.74) is 0. The maximum Gasteiger partial charge on any atom is 0.224 e. The molecule has 1 saturated carbocycles. The molecule has 0 aromatic carbocycles. The van der Waals surface area contributed by atoms with Crippen LogP contribution in [0.2, 0.25) is 0 Å². The molecule has 144 valence electrons. The molecule has 1 aliphatic carbocycles. The third kappa shape index (κ3) is 5.67. The molecule has 0 spiro atoms. The molecule has 1 aromatic heterocycles. The number of carbonyl (C=O) groups is 2. The average Bonchev–Trinajstić information content (AvgIpc) is 3.06. The monoisotopic (exact) mass is 396 g/mol. The Morgan fingerprint density at radius 2 is 2.08 bits per heavy atom. The van der Waals surface area contributed by atoms with Crippen LogP contribution in [0.3, 0.4) is 0 Å². The van der Waals surface area contributed by atoms with Crippen LogP contribution in [0.25, 0.3) is 0 Å². The number of aryl methyl sites for hydroxylation is 1. The van der Waals surface area contributed by atoms with Crippen LogP contribution >= 0.6 is 23.1 Å². The summed E-state index contributed by atoms with van der Waals surface area (Å²) in [6.45, 7) is 3.99. The lowest BCUT2D eigenvalue weighted by molar-refractivity contribution is -0.139. The van der Waals surface area contributed by atoms with Crippen molar-refractivity contribution >= 4 is 34.9 Å². The van der Waals surface area contributed by atoms with Gasteiger partial charge in [-0.15, -0.1) is 10.2 Å². The lowest BCUT2D eigenvalue weighted by Gasteiger charge is -2.35. The van der Waals surface area contributed by atoms with E-state index in [2.05, 4.69) is 15.5 Å². The van der Waals surface area contributed by atoms with Crippen LogP contribution in [0, 0.1) is 18.8 Å². The molecule has 2 fully saturated rings. The minimum absolute atomic E-state index is 0.0648. The summed E-state index contributed by atoms with van der Waals surface area (Å²) in [6, 6.07) is 0. The number of amides is 2. The highest BCUT2D eigenvalue weighted by Gasteiger charge is 2.31. The van der Waals surface area contributed by atoms with Gasteiger partial charge in [-0.1, -0.05) is 42.4 Å². The smallest absolute Gasteiger partial charge is 0.224 e. The first-order chi connectivity index (χ1) is 12.6. The van der Waals surface area contributed by atoms with E-state index in [1.807, 2.05) is 11.8 Å². The van der Waals surface area contributed by atoms with Gasteiger partial charge in [0.25, 0.3) is 0 Å². The second kappa shape index (κ2) is 9.69. The summed E-state index contributed by atoms with van der Waals surface area (Å²) in [4.78, 5) is 26.7. The van der Waals surface area contributed by atoms with Gasteiger partial charge in [-0.25, -0.2) is 0 Å². The zero-order valence-corrected chi connectivity index (χ0v) is 17.0. The van der Waals surface area contributed by atoms with E-state index in [1.54, 1.807) is 23.1 Å². The van der Waals surface area contributed by atoms with E-state index in [1.165, 1.54) is 32.1 Å². The largest absolute Gasteiger partial charge is 0.355 e. The number of hydrogen-bond acceptors (Lipinski definition) is 6. The first kappa shape index (κ1) is 19.6. The summed E-state index contributed by atoms with van der Waals surface area (Å²) >= 11 is 3.20. The molecule has 1 atom stereocenters. The lowest BCUT2D eigenvalue weighted by Crippen LogP contribution is -2.47. The van der Waals surface area contributed by atoms with Crippen LogP contribution in [-0.4, -0.2) is 52.3 Å². The Labute approximate surface area is 163 Å². The van der Waals surface area contributed by atoms with Crippen molar-refractivity contribution in [3.63, 3.8) is 0 Å².